The van der Waals surface area contributed by atoms with Crippen molar-refractivity contribution in [3.63, 3.8) is 0 Å². The van der Waals surface area contributed by atoms with Gasteiger partial charge >= 0.3 is 0 Å². The normalized spacial score (nSPS) is 13.1. The van der Waals surface area contributed by atoms with Gasteiger partial charge in [0.2, 0.25) is 0 Å². The predicted molar refractivity (Wildman–Crippen MR) is 53.7 cm³/mol. The van der Waals surface area contributed by atoms with Gasteiger partial charge in [-0.1, -0.05) is 36.4 Å². The first-order valence-electron chi connectivity index (χ1n) is 4.03. The van der Waals surface area contributed by atoms with E-state index in [1.54, 1.807) is 0 Å². The van der Waals surface area contributed by atoms with Gasteiger partial charge in [0.1, 0.15) is 0 Å². The Hall–Kier alpha value is -1.37. The molecule has 62 valence electrons. The maximum atomic E-state index is 4.27. The molecule has 0 aliphatic heterocycles. The smallest absolute Gasteiger partial charge is 0.0649 e. The Morgan fingerprint density at radius 2 is 2.00 bits per heavy atom. The van der Waals surface area contributed by atoms with Gasteiger partial charge in [-0.2, -0.15) is 0 Å². The van der Waals surface area contributed by atoms with Gasteiger partial charge in [0, 0.05) is 6.21 Å². The highest BCUT2D eigenvalue weighted by molar-refractivity contribution is 5.79. The van der Waals surface area contributed by atoms with Crippen molar-refractivity contribution in [3.8, 4) is 0 Å². The third-order valence-corrected chi connectivity index (χ3v) is 1.60. The summed E-state index contributed by atoms with van der Waals surface area (Å²) in [6.07, 6.45) is 3.69. The molecule has 0 bridgehead atoms. The highest BCUT2D eigenvalue weighted by atomic mass is 14.7. The molecule has 0 aliphatic rings. The van der Waals surface area contributed by atoms with Crippen LogP contribution in [-0.4, -0.2) is 12.3 Å². The van der Waals surface area contributed by atoms with E-state index in [0.717, 1.165) is 5.56 Å². The fourth-order valence-electron chi connectivity index (χ4n) is 0.804. The Morgan fingerprint density at radius 1 is 1.33 bits per heavy atom. The minimum atomic E-state index is 0.199. The standard InChI is InChI=1S/C11H13N/c1-3-10(2)12-9-11-7-5-4-6-8-11/h3-10H,1H2,2H3. The molecule has 1 aromatic rings. The summed E-state index contributed by atoms with van der Waals surface area (Å²) in [6, 6.07) is 10.2. The number of benzene rings is 1. The van der Waals surface area contributed by atoms with Gasteiger partial charge in [0.15, 0.2) is 0 Å². The van der Waals surface area contributed by atoms with Crippen LogP contribution in [0.2, 0.25) is 0 Å². The van der Waals surface area contributed by atoms with E-state index in [9.17, 15) is 0 Å². The van der Waals surface area contributed by atoms with E-state index in [0.29, 0.717) is 0 Å². The molecule has 0 radical (unpaired) electrons. The second kappa shape index (κ2) is 4.50. The Labute approximate surface area is 73.5 Å². The summed E-state index contributed by atoms with van der Waals surface area (Å²) in [7, 11) is 0. The lowest BCUT2D eigenvalue weighted by Gasteiger charge is -1.95. The van der Waals surface area contributed by atoms with Gasteiger partial charge in [0.25, 0.3) is 0 Å². The van der Waals surface area contributed by atoms with Gasteiger partial charge in [-0.3, -0.25) is 4.99 Å². The third-order valence-electron chi connectivity index (χ3n) is 1.60. The van der Waals surface area contributed by atoms with Crippen LogP contribution in [0, 0.1) is 0 Å². The highest BCUT2D eigenvalue weighted by Crippen LogP contribution is 1.96. The molecule has 12 heavy (non-hydrogen) atoms. The molecule has 1 atom stereocenters. The first-order valence-corrected chi connectivity index (χ1v) is 4.03. The lowest BCUT2D eigenvalue weighted by Crippen LogP contribution is -1.91. The molecule has 0 aromatic heterocycles. The largest absolute Gasteiger partial charge is 0.285 e. The third kappa shape index (κ3) is 2.70. The number of hydrogen-bond donors (Lipinski definition) is 0. The summed E-state index contributed by atoms with van der Waals surface area (Å²) in [5.41, 5.74) is 1.13. The zero-order valence-electron chi connectivity index (χ0n) is 7.27. The summed E-state index contributed by atoms with van der Waals surface area (Å²) in [5, 5.41) is 0. The Bertz CT molecular complexity index is 262. The van der Waals surface area contributed by atoms with Crippen molar-refractivity contribution in [1.29, 1.82) is 0 Å². The van der Waals surface area contributed by atoms with Crippen LogP contribution in [0.3, 0.4) is 0 Å². The summed E-state index contributed by atoms with van der Waals surface area (Å²) < 4.78 is 0. The number of rotatable bonds is 3. The number of hydrogen-bond acceptors (Lipinski definition) is 1. The monoisotopic (exact) mass is 159 g/mol. The van der Waals surface area contributed by atoms with E-state index in [1.807, 2.05) is 49.5 Å². The average Bonchev–Trinajstić information content (AvgIpc) is 2.16. The van der Waals surface area contributed by atoms with Crippen LogP contribution >= 0.6 is 0 Å². The molecule has 0 fully saturated rings. The van der Waals surface area contributed by atoms with Crippen molar-refractivity contribution >= 4 is 6.21 Å². The summed E-state index contributed by atoms with van der Waals surface area (Å²) in [6.45, 7) is 5.67. The Kier molecular flexibility index (Phi) is 3.27. The maximum absolute atomic E-state index is 4.27. The van der Waals surface area contributed by atoms with Crippen molar-refractivity contribution in [1.82, 2.24) is 0 Å². The van der Waals surface area contributed by atoms with Crippen molar-refractivity contribution in [2.75, 3.05) is 0 Å². The molecule has 1 nitrogen and oxygen atoms in total. The molecule has 0 heterocycles. The second-order valence-electron chi connectivity index (χ2n) is 2.67. The van der Waals surface area contributed by atoms with Crippen molar-refractivity contribution < 1.29 is 0 Å². The second-order valence-corrected chi connectivity index (χ2v) is 2.67. The minimum Gasteiger partial charge on any atom is -0.285 e. The van der Waals surface area contributed by atoms with Gasteiger partial charge in [-0.05, 0) is 12.5 Å². The van der Waals surface area contributed by atoms with Crippen molar-refractivity contribution in [2.45, 2.75) is 13.0 Å². The van der Waals surface area contributed by atoms with E-state index < -0.39 is 0 Å². The van der Waals surface area contributed by atoms with Gasteiger partial charge in [-0.25, -0.2) is 0 Å². The predicted octanol–water partition coefficient (Wildman–Crippen LogP) is 2.68. The van der Waals surface area contributed by atoms with Crippen LogP contribution < -0.4 is 0 Å². The Balaban J connectivity index is 2.63. The zero-order valence-corrected chi connectivity index (χ0v) is 7.27. The molecule has 0 amide bonds. The van der Waals surface area contributed by atoms with E-state index in [2.05, 4.69) is 11.6 Å². The summed E-state index contributed by atoms with van der Waals surface area (Å²) in [5.74, 6) is 0. The molecule has 0 aliphatic carbocycles. The van der Waals surface area contributed by atoms with Gasteiger partial charge in [-0.15, -0.1) is 6.58 Å². The Morgan fingerprint density at radius 3 is 2.58 bits per heavy atom. The number of nitrogens with zero attached hydrogens (tertiary/aromatic N) is 1. The maximum Gasteiger partial charge on any atom is 0.0649 e. The molecule has 0 spiro atoms. The molecule has 1 heteroatoms. The highest BCUT2D eigenvalue weighted by Gasteiger charge is 1.87. The summed E-state index contributed by atoms with van der Waals surface area (Å²) >= 11 is 0. The first-order chi connectivity index (χ1) is 5.83. The fourth-order valence-corrected chi connectivity index (χ4v) is 0.804. The molecule has 0 N–H and O–H groups in total. The van der Waals surface area contributed by atoms with Crippen LogP contribution in [0.1, 0.15) is 12.5 Å². The summed E-state index contributed by atoms with van der Waals surface area (Å²) in [4.78, 5) is 4.27. The molecular weight excluding hydrogens is 146 g/mol. The van der Waals surface area contributed by atoms with Gasteiger partial charge < -0.3 is 0 Å². The lowest BCUT2D eigenvalue weighted by molar-refractivity contribution is 0.936. The topological polar surface area (TPSA) is 12.4 Å². The first kappa shape index (κ1) is 8.72. The minimum absolute atomic E-state index is 0.199. The molecule has 1 aromatic carbocycles. The van der Waals surface area contributed by atoms with Crippen molar-refractivity contribution in [3.05, 3.63) is 48.6 Å². The average molecular weight is 159 g/mol. The van der Waals surface area contributed by atoms with E-state index >= 15 is 0 Å². The van der Waals surface area contributed by atoms with Crippen LogP contribution in [-0.2, 0) is 0 Å². The van der Waals surface area contributed by atoms with E-state index in [1.165, 1.54) is 0 Å². The fraction of sp³-hybridized carbons (Fsp3) is 0.182. The zero-order chi connectivity index (χ0) is 8.81. The molecular formula is C11H13N. The van der Waals surface area contributed by atoms with Crippen LogP contribution in [0.4, 0.5) is 0 Å². The quantitative estimate of drug-likeness (QED) is 0.475. The molecule has 1 rings (SSSR count). The number of aliphatic imine (C=N–C) groups is 1. The van der Waals surface area contributed by atoms with Crippen LogP contribution in [0.5, 0.6) is 0 Å². The molecule has 0 saturated carbocycles. The lowest BCUT2D eigenvalue weighted by atomic mass is 10.2. The SMILES string of the molecule is C=CC(C)N=Cc1ccccc1. The molecule has 1 unspecified atom stereocenters. The molecule has 0 saturated heterocycles. The van der Waals surface area contributed by atoms with Crippen molar-refractivity contribution in [2.24, 2.45) is 4.99 Å². The van der Waals surface area contributed by atoms with Crippen LogP contribution in [0.25, 0.3) is 0 Å². The van der Waals surface area contributed by atoms with E-state index in [4.69, 9.17) is 0 Å². The van der Waals surface area contributed by atoms with E-state index in [-0.39, 0.29) is 6.04 Å². The van der Waals surface area contributed by atoms with Crippen LogP contribution in [0.15, 0.2) is 48.0 Å². The van der Waals surface area contributed by atoms with Gasteiger partial charge in [0.05, 0.1) is 6.04 Å².